The Bertz CT molecular complexity index is 566. The molecule has 0 amide bonds. The number of H-pyrrole nitrogens is 1. The quantitative estimate of drug-likeness (QED) is 0.842. The van der Waals surface area contributed by atoms with E-state index in [-0.39, 0.29) is 18.0 Å². The molecule has 0 saturated carbocycles. The number of nitrogens with two attached hydrogens (primary N) is 1. The van der Waals surface area contributed by atoms with E-state index in [1.54, 1.807) is 18.2 Å². The van der Waals surface area contributed by atoms with Crippen LogP contribution in [0.5, 0.6) is 0 Å². The van der Waals surface area contributed by atoms with E-state index in [0.29, 0.717) is 21.2 Å². The van der Waals surface area contributed by atoms with Crippen molar-refractivity contribution in [2.45, 2.75) is 6.42 Å². The molecule has 1 aromatic heterocycles. The first-order chi connectivity index (χ1) is 8.08. The number of nitrogen functional groups attached to an aromatic ring is 1. The summed E-state index contributed by atoms with van der Waals surface area (Å²) in [5, 5.41) is 7.21. The average Bonchev–Trinajstić information content (AvgIpc) is 2.68. The monoisotopic (exact) mass is 269 g/mol. The van der Waals surface area contributed by atoms with Crippen LogP contribution >= 0.6 is 23.2 Å². The van der Waals surface area contributed by atoms with Gasteiger partial charge in [0.15, 0.2) is 5.78 Å². The van der Waals surface area contributed by atoms with Crippen molar-refractivity contribution in [2.75, 3.05) is 5.73 Å². The highest BCUT2D eigenvalue weighted by Gasteiger charge is 2.14. The van der Waals surface area contributed by atoms with Crippen molar-refractivity contribution in [2.24, 2.45) is 0 Å². The third-order valence-electron chi connectivity index (χ3n) is 2.34. The predicted octanol–water partition coefficient (Wildman–Crippen LogP) is 2.72. The van der Waals surface area contributed by atoms with Gasteiger partial charge in [0.2, 0.25) is 0 Å². The van der Waals surface area contributed by atoms with Gasteiger partial charge in [0, 0.05) is 16.5 Å². The van der Waals surface area contributed by atoms with Crippen molar-refractivity contribution in [3.8, 4) is 0 Å². The van der Waals surface area contributed by atoms with E-state index in [9.17, 15) is 4.79 Å². The van der Waals surface area contributed by atoms with Crippen LogP contribution in [0.15, 0.2) is 24.4 Å². The normalized spacial score (nSPS) is 10.5. The van der Waals surface area contributed by atoms with Crippen molar-refractivity contribution < 1.29 is 4.79 Å². The summed E-state index contributed by atoms with van der Waals surface area (Å²) in [6.45, 7) is 0. The molecule has 6 heteroatoms. The van der Waals surface area contributed by atoms with Crippen LogP contribution in [0.1, 0.15) is 15.9 Å². The molecule has 2 aromatic rings. The molecule has 0 spiro atoms. The van der Waals surface area contributed by atoms with E-state index in [1.165, 1.54) is 6.20 Å². The summed E-state index contributed by atoms with van der Waals surface area (Å²) in [6.07, 6.45) is 1.57. The highest BCUT2D eigenvalue weighted by Crippen LogP contribution is 2.22. The SMILES string of the molecule is Nc1[nH]ncc1C(=O)Cc1ccc(Cl)cc1Cl. The zero-order chi connectivity index (χ0) is 12.4. The minimum absolute atomic E-state index is 0.138. The molecule has 0 aliphatic heterocycles. The standard InChI is InChI=1S/C11H9Cl2N3O/c12-7-2-1-6(9(13)4-7)3-10(17)8-5-15-16-11(8)14/h1-2,4-5H,3H2,(H3,14,15,16). The number of anilines is 1. The number of Topliss-reactive ketones (excluding diaryl/α,β-unsaturated/α-hetero) is 1. The number of halogens is 2. The highest BCUT2D eigenvalue weighted by molar-refractivity contribution is 6.35. The maximum absolute atomic E-state index is 11.9. The molecule has 0 radical (unpaired) electrons. The molecule has 3 N–H and O–H groups in total. The van der Waals surface area contributed by atoms with E-state index >= 15 is 0 Å². The second-order valence-corrected chi connectivity index (χ2v) is 4.38. The number of hydrogen-bond acceptors (Lipinski definition) is 3. The molecular weight excluding hydrogens is 261 g/mol. The minimum Gasteiger partial charge on any atom is -0.383 e. The summed E-state index contributed by atoms with van der Waals surface area (Å²) < 4.78 is 0. The fraction of sp³-hybridized carbons (Fsp3) is 0.0909. The number of aromatic nitrogens is 2. The molecule has 17 heavy (non-hydrogen) atoms. The largest absolute Gasteiger partial charge is 0.383 e. The van der Waals surface area contributed by atoms with Crippen molar-refractivity contribution in [3.63, 3.8) is 0 Å². The second-order valence-electron chi connectivity index (χ2n) is 3.53. The Kier molecular flexibility index (Phi) is 3.36. The Labute approximate surface area is 108 Å². The van der Waals surface area contributed by atoms with Crippen molar-refractivity contribution in [1.82, 2.24) is 10.2 Å². The summed E-state index contributed by atoms with van der Waals surface area (Å²) in [7, 11) is 0. The van der Waals surface area contributed by atoms with Crippen molar-refractivity contribution in [1.29, 1.82) is 0 Å². The van der Waals surface area contributed by atoms with Gasteiger partial charge in [-0.1, -0.05) is 29.3 Å². The summed E-state index contributed by atoms with van der Waals surface area (Å²) >= 11 is 11.8. The molecular formula is C11H9Cl2N3O. The lowest BCUT2D eigenvalue weighted by Crippen LogP contribution is -2.05. The third-order valence-corrected chi connectivity index (χ3v) is 2.92. The number of aromatic amines is 1. The van der Waals surface area contributed by atoms with Crippen LogP contribution in [-0.4, -0.2) is 16.0 Å². The first kappa shape index (κ1) is 12.0. The van der Waals surface area contributed by atoms with Crippen LogP contribution in [0, 0.1) is 0 Å². The Morgan fingerprint density at radius 2 is 2.18 bits per heavy atom. The molecule has 88 valence electrons. The van der Waals surface area contributed by atoms with Gasteiger partial charge in [-0.2, -0.15) is 5.10 Å². The first-order valence-corrected chi connectivity index (χ1v) is 5.59. The molecule has 0 aliphatic carbocycles. The molecule has 0 fully saturated rings. The molecule has 2 rings (SSSR count). The smallest absolute Gasteiger partial charge is 0.172 e. The van der Waals surface area contributed by atoms with E-state index in [0.717, 1.165) is 0 Å². The van der Waals surface area contributed by atoms with Crippen LogP contribution in [0.4, 0.5) is 5.82 Å². The summed E-state index contributed by atoms with van der Waals surface area (Å²) in [6, 6.07) is 5.01. The zero-order valence-electron chi connectivity index (χ0n) is 8.71. The third kappa shape index (κ3) is 2.60. The van der Waals surface area contributed by atoms with Gasteiger partial charge in [-0.05, 0) is 17.7 Å². The van der Waals surface area contributed by atoms with E-state index in [4.69, 9.17) is 28.9 Å². The fourth-order valence-corrected chi connectivity index (χ4v) is 1.93. The molecule has 0 unspecified atom stereocenters. The van der Waals surface area contributed by atoms with Gasteiger partial charge in [-0.25, -0.2) is 0 Å². The lowest BCUT2D eigenvalue weighted by molar-refractivity contribution is 0.0994. The van der Waals surface area contributed by atoms with E-state index in [1.807, 2.05) is 0 Å². The molecule has 0 aliphatic rings. The predicted molar refractivity (Wildman–Crippen MR) is 67.5 cm³/mol. The number of rotatable bonds is 3. The minimum atomic E-state index is -0.138. The second kappa shape index (κ2) is 4.77. The van der Waals surface area contributed by atoms with Gasteiger partial charge in [-0.3, -0.25) is 9.89 Å². The van der Waals surface area contributed by atoms with Gasteiger partial charge in [0.05, 0.1) is 11.8 Å². The van der Waals surface area contributed by atoms with Gasteiger partial charge in [-0.15, -0.1) is 0 Å². The van der Waals surface area contributed by atoms with E-state index < -0.39 is 0 Å². The fourth-order valence-electron chi connectivity index (χ4n) is 1.45. The first-order valence-electron chi connectivity index (χ1n) is 4.84. The summed E-state index contributed by atoms with van der Waals surface area (Å²) in [4.78, 5) is 11.9. The number of nitrogens with zero attached hydrogens (tertiary/aromatic N) is 1. The van der Waals surface area contributed by atoms with Crippen molar-refractivity contribution >= 4 is 34.8 Å². The van der Waals surface area contributed by atoms with Gasteiger partial charge in [0.1, 0.15) is 5.82 Å². The topological polar surface area (TPSA) is 71.8 Å². The number of hydrogen-bond donors (Lipinski definition) is 2. The Morgan fingerprint density at radius 1 is 1.41 bits per heavy atom. The number of ketones is 1. The molecule has 4 nitrogen and oxygen atoms in total. The number of carbonyl (C=O) groups is 1. The maximum atomic E-state index is 11.9. The van der Waals surface area contributed by atoms with Crippen LogP contribution in [0.2, 0.25) is 10.0 Å². The molecule has 0 saturated heterocycles. The highest BCUT2D eigenvalue weighted by atomic mass is 35.5. The van der Waals surface area contributed by atoms with E-state index in [2.05, 4.69) is 10.2 Å². The van der Waals surface area contributed by atoms with Crippen LogP contribution in [-0.2, 0) is 6.42 Å². The van der Waals surface area contributed by atoms with Gasteiger partial charge < -0.3 is 5.73 Å². The van der Waals surface area contributed by atoms with Crippen LogP contribution in [0.3, 0.4) is 0 Å². The average molecular weight is 270 g/mol. The molecule has 0 bridgehead atoms. The lowest BCUT2D eigenvalue weighted by atomic mass is 10.1. The van der Waals surface area contributed by atoms with Crippen LogP contribution in [0.25, 0.3) is 0 Å². The van der Waals surface area contributed by atoms with Crippen LogP contribution < -0.4 is 5.73 Å². The number of carbonyl (C=O) groups excluding carboxylic acids is 1. The summed E-state index contributed by atoms with van der Waals surface area (Å²) in [5.74, 6) is 0.126. The Hall–Kier alpha value is -1.52. The van der Waals surface area contributed by atoms with Gasteiger partial charge in [0.25, 0.3) is 0 Å². The number of benzene rings is 1. The van der Waals surface area contributed by atoms with Gasteiger partial charge >= 0.3 is 0 Å². The Morgan fingerprint density at radius 3 is 2.76 bits per heavy atom. The maximum Gasteiger partial charge on any atom is 0.172 e. The zero-order valence-corrected chi connectivity index (χ0v) is 10.2. The Balaban J connectivity index is 2.22. The lowest BCUT2D eigenvalue weighted by Gasteiger charge is -2.03. The molecule has 1 aromatic carbocycles. The summed E-state index contributed by atoms with van der Waals surface area (Å²) in [5.41, 5.74) is 6.65. The molecule has 1 heterocycles. The van der Waals surface area contributed by atoms with Crippen molar-refractivity contribution in [3.05, 3.63) is 45.6 Å². The molecule has 0 atom stereocenters. The number of nitrogens with one attached hydrogen (secondary N) is 1.